The topological polar surface area (TPSA) is 31.0 Å². The normalized spacial score (nSPS) is 11.1. The summed E-state index contributed by atoms with van der Waals surface area (Å²) >= 11 is 3.49. The fourth-order valence-electron chi connectivity index (χ4n) is 2.51. The average Bonchev–Trinajstić information content (AvgIpc) is 3.13. The Kier molecular flexibility index (Phi) is 3.31. The van der Waals surface area contributed by atoms with Gasteiger partial charge >= 0.3 is 0 Å². The molecule has 2 heterocycles. The van der Waals surface area contributed by atoms with Crippen molar-refractivity contribution in [2.75, 3.05) is 0 Å². The summed E-state index contributed by atoms with van der Waals surface area (Å²) in [6.07, 6.45) is 1.98. The lowest BCUT2D eigenvalue weighted by Gasteiger charge is -2.02. The molecule has 0 aliphatic heterocycles. The van der Waals surface area contributed by atoms with Gasteiger partial charge in [-0.1, -0.05) is 46.3 Å². The van der Waals surface area contributed by atoms with Crippen LogP contribution in [0.1, 0.15) is 5.56 Å². The van der Waals surface area contributed by atoms with Crippen molar-refractivity contribution in [3.63, 3.8) is 0 Å². The molecular weight excluding hydrogens is 340 g/mol. The molecule has 0 unspecified atom stereocenters. The van der Waals surface area contributed by atoms with E-state index in [9.17, 15) is 0 Å². The van der Waals surface area contributed by atoms with E-state index in [0.717, 1.165) is 33.4 Å². The van der Waals surface area contributed by atoms with Gasteiger partial charge in [-0.3, -0.25) is 4.68 Å². The minimum absolute atomic E-state index is 0.736. The van der Waals surface area contributed by atoms with E-state index < -0.39 is 0 Å². The van der Waals surface area contributed by atoms with Gasteiger partial charge in [-0.05, 0) is 35.9 Å². The SMILES string of the molecule is Brc1cccc(Cn2ccc(-c3cc4ccccc4o3)n2)c1. The summed E-state index contributed by atoms with van der Waals surface area (Å²) < 4.78 is 8.85. The zero-order valence-corrected chi connectivity index (χ0v) is 13.3. The maximum Gasteiger partial charge on any atom is 0.155 e. The van der Waals surface area contributed by atoms with E-state index in [1.54, 1.807) is 0 Å². The number of hydrogen-bond acceptors (Lipinski definition) is 2. The zero-order valence-electron chi connectivity index (χ0n) is 11.7. The molecule has 0 bridgehead atoms. The van der Waals surface area contributed by atoms with Gasteiger partial charge in [-0.25, -0.2) is 0 Å². The van der Waals surface area contributed by atoms with Crippen LogP contribution in [0.15, 0.2) is 75.8 Å². The van der Waals surface area contributed by atoms with E-state index in [2.05, 4.69) is 33.2 Å². The molecule has 0 saturated heterocycles. The van der Waals surface area contributed by atoms with Crippen LogP contribution >= 0.6 is 15.9 Å². The van der Waals surface area contributed by atoms with Crippen molar-refractivity contribution in [3.05, 3.63) is 76.9 Å². The summed E-state index contributed by atoms with van der Waals surface area (Å²) in [7, 11) is 0. The first kappa shape index (κ1) is 13.3. The van der Waals surface area contributed by atoms with Crippen LogP contribution in [-0.2, 0) is 6.54 Å². The Morgan fingerprint density at radius 1 is 1.00 bits per heavy atom. The molecule has 0 amide bonds. The highest BCUT2D eigenvalue weighted by atomic mass is 79.9. The molecule has 0 spiro atoms. The van der Waals surface area contributed by atoms with Crippen molar-refractivity contribution in [2.45, 2.75) is 6.54 Å². The largest absolute Gasteiger partial charge is 0.454 e. The number of aromatic nitrogens is 2. The van der Waals surface area contributed by atoms with Crippen LogP contribution in [0.25, 0.3) is 22.4 Å². The third-order valence-corrected chi connectivity index (χ3v) is 4.05. The molecule has 0 aliphatic carbocycles. The Balaban J connectivity index is 1.63. The second-order valence-electron chi connectivity index (χ2n) is 5.18. The first-order valence-corrected chi connectivity index (χ1v) is 7.84. The predicted octanol–water partition coefficient (Wildman–Crippen LogP) is 5.11. The van der Waals surface area contributed by atoms with Gasteiger partial charge in [0, 0.05) is 16.1 Å². The van der Waals surface area contributed by atoms with E-state index in [0.29, 0.717) is 0 Å². The Bertz CT molecular complexity index is 906. The van der Waals surface area contributed by atoms with Gasteiger partial charge in [-0.2, -0.15) is 5.10 Å². The van der Waals surface area contributed by atoms with Gasteiger partial charge in [0.15, 0.2) is 5.76 Å². The fraction of sp³-hybridized carbons (Fsp3) is 0.0556. The van der Waals surface area contributed by atoms with E-state index >= 15 is 0 Å². The van der Waals surface area contributed by atoms with E-state index in [1.165, 1.54) is 5.56 Å². The molecule has 3 nitrogen and oxygen atoms in total. The van der Waals surface area contributed by atoms with E-state index in [4.69, 9.17) is 4.42 Å². The Labute approximate surface area is 136 Å². The summed E-state index contributed by atoms with van der Waals surface area (Å²) in [6.45, 7) is 0.736. The molecule has 4 heteroatoms. The zero-order chi connectivity index (χ0) is 14.9. The Morgan fingerprint density at radius 2 is 1.91 bits per heavy atom. The summed E-state index contributed by atoms with van der Waals surface area (Å²) in [5, 5.41) is 5.70. The van der Waals surface area contributed by atoms with Crippen LogP contribution in [-0.4, -0.2) is 9.78 Å². The van der Waals surface area contributed by atoms with Crippen LogP contribution < -0.4 is 0 Å². The third-order valence-electron chi connectivity index (χ3n) is 3.55. The number of halogens is 1. The quantitative estimate of drug-likeness (QED) is 0.513. The van der Waals surface area contributed by atoms with Crippen molar-refractivity contribution in [3.8, 4) is 11.5 Å². The molecule has 2 aromatic heterocycles. The molecule has 0 atom stereocenters. The van der Waals surface area contributed by atoms with Crippen LogP contribution in [0.2, 0.25) is 0 Å². The fourth-order valence-corrected chi connectivity index (χ4v) is 2.96. The molecule has 22 heavy (non-hydrogen) atoms. The predicted molar refractivity (Wildman–Crippen MR) is 90.7 cm³/mol. The lowest BCUT2D eigenvalue weighted by molar-refractivity contribution is 0.621. The van der Waals surface area contributed by atoms with Crippen LogP contribution in [0, 0.1) is 0 Å². The third kappa shape index (κ3) is 2.57. The smallest absolute Gasteiger partial charge is 0.155 e. The highest BCUT2D eigenvalue weighted by Crippen LogP contribution is 2.26. The van der Waals surface area contributed by atoms with Crippen LogP contribution in [0.5, 0.6) is 0 Å². The standard InChI is InChI=1S/C18H13BrN2O/c19-15-6-3-4-13(10-15)12-21-9-8-16(20-21)18-11-14-5-1-2-7-17(14)22-18/h1-11H,12H2. The van der Waals surface area contributed by atoms with Gasteiger partial charge in [0.05, 0.1) is 6.54 Å². The van der Waals surface area contributed by atoms with Crippen LogP contribution in [0.4, 0.5) is 0 Å². The van der Waals surface area contributed by atoms with Crippen LogP contribution in [0.3, 0.4) is 0 Å². The highest BCUT2D eigenvalue weighted by molar-refractivity contribution is 9.10. The lowest BCUT2D eigenvalue weighted by Crippen LogP contribution is -2.00. The molecule has 0 radical (unpaired) electrons. The van der Waals surface area contributed by atoms with E-state index in [-0.39, 0.29) is 0 Å². The number of nitrogens with zero attached hydrogens (tertiary/aromatic N) is 2. The van der Waals surface area contributed by atoms with Gasteiger partial charge in [0.1, 0.15) is 11.3 Å². The maximum absolute atomic E-state index is 5.85. The summed E-state index contributed by atoms with van der Waals surface area (Å²) in [5.41, 5.74) is 2.94. The summed E-state index contributed by atoms with van der Waals surface area (Å²) in [4.78, 5) is 0. The molecule has 108 valence electrons. The van der Waals surface area contributed by atoms with E-state index in [1.807, 2.05) is 59.4 Å². The number of para-hydroxylation sites is 1. The molecule has 4 aromatic rings. The molecule has 2 aromatic carbocycles. The van der Waals surface area contributed by atoms with Crippen molar-refractivity contribution < 1.29 is 4.42 Å². The molecule has 0 N–H and O–H groups in total. The number of benzene rings is 2. The Hall–Kier alpha value is -2.33. The van der Waals surface area contributed by atoms with Crippen molar-refractivity contribution in [2.24, 2.45) is 0 Å². The monoisotopic (exact) mass is 352 g/mol. The van der Waals surface area contributed by atoms with Gasteiger partial charge in [-0.15, -0.1) is 0 Å². The van der Waals surface area contributed by atoms with Gasteiger partial charge < -0.3 is 4.42 Å². The minimum atomic E-state index is 0.736. The van der Waals surface area contributed by atoms with Crippen molar-refractivity contribution in [1.82, 2.24) is 9.78 Å². The molecular formula is C18H13BrN2O. The number of rotatable bonds is 3. The second kappa shape index (κ2) is 5.46. The number of hydrogen-bond donors (Lipinski definition) is 0. The highest BCUT2D eigenvalue weighted by Gasteiger charge is 2.09. The lowest BCUT2D eigenvalue weighted by atomic mass is 10.2. The van der Waals surface area contributed by atoms with Gasteiger partial charge in [0.25, 0.3) is 0 Å². The molecule has 0 aliphatic rings. The molecule has 4 rings (SSSR count). The molecule has 0 fully saturated rings. The van der Waals surface area contributed by atoms with Crippen molar-refractivity contribution in [1.29, 1.82) is 0 Å². The Morgan fingerprint density at radius 3 is 2.77 bits per heavy atom. The van der Waals surface area contributed by atoms with Gasteiger partial charge in [0.2, 0.25) is 0 Å². The number of fused-ring (bicyclic) bond motifs is 1. The number of furan rings is 1. The first-order chi connectivity index (χ1) is 10.8. The summed E-state index contributed by atoms with van der Waals surface area (Å²) in [6, 6.07) is 20.2. The second-order valence-corrected chi connectivity index (χ2v) is 6.09. The van der Waals surface area contributed by atoms with Crippen molar-refractivity contribution >= 4 is 26.9 Å². The average molecular weight is 353 g/mol. The minimum Gasteiger partial charge on any atom is -0.454 e. The summed E-state index contributed by atoms with van der Waals surface area (Å²) in [5.74, 6) is 0.800. The maximum atomic E-state index is 5.85. The first-order valence-electron chi connectivity index (χ1n) is 7.05. The molecule has 0 saturated carbocycles.